The average Bonchev–Trinajstić information content (AvgIpc) is 2.37. The summed E-state index contributed by atoms with van der Waals surface area (Å²) in [5, 5.41) is 18.7. The molecule has 1 aromatic carbocycles. The topological polar surface area (TPSA) is 62.5 Å². The number of aliphatic hydroxyl groups excluding tert-OH is 1. The maximum atomic E-state index is 9.93. The van der Waals surface area contributed by atoms with Crippen LogP contribution in [0.2, 0.25) is 0 Å². The Bertz CT molecular complexity index is 494. The van der Waals surface area contributed by atoms with Gasteiger partial charge in [-0.1, -0.05) is 6.58 Å². The van der Waals surface area contributed by atoms with Crippen molar-refractivity contribution in [3.8, 4) is 17.6 Å². The van der Waals surface area contributed by atoms with Crippen LogP contribution >= 0.6 is 15.9 Å². The molecule has 0 aliphatic carbocycles. The van der Waals surface area contributed by atoms with Crippen molar-refractivity contribution in [2.24, 2.45) is 0 Å². The molecule has 0 saturated carbocycles. The number of aliphatic hydroxyl groups is 1. The Morgan fingerprint density at radius 3 is 2.78 bits per heavy atom. The summed E-state index contributed by atoms with van der Waals surface area (Å²) >= 11 is 3.34. The molecule has 4 nitrogen and oxygen atoms in total. The molecule has 0 bridgehead atoms. The molecule has 0 saturated heterocycles. The van der Waals surface area contributed by atoms with Gasteiger partial charge in [0.15, 0.2) is 11.5 Å². The predicted octanol–water partition coefficient (Wildman–Crippen LogP) is 2.97. The van der Waals surface area contributed by atoms with Crippen molar-refractivity contribution >= 4 is 15.9 Å². The molecule has 0 aliphatic rings. The van der Waals surface area contributed by atoms with Crippen LogP contribution in [-0.2, 0) is 0 Å². The van der Waals surface area contributed by atoms with Gasteiger partial charge in [-0.3, -0.25) is 0 Å². The Hall–Kier alpha value is -1.51. The van der Waals surface area contributed by atoms with Crippen LogP contribution in [0.1, 0.15) is 18.6 Å². The molecule has 96 valence electrons. The lowest BCUT2D eigenvalue weighted by molar-refractivity contribution is 0.219. The zero-order chi connectivity index (χ0) is 13.7. The number of hydrogen-bond donors (Lipinski definition) is 1. The zero-order valence-electron chi connectivity index (χ0n) is 10.2. The molecule has 0 heterocycles. The number of ether oxygens (including phenoxy) is 2. The Kier molecular flexibility index (Phi) is 5.20. The van der Waals surface area contributed by atoms with Gasteiger partial charge in [0.25, 0.3) is 0 Å². The van der Waals surface area contributed by atoms with Crippen molar-refractivity contribution in [2.75, 3.05) is 13.7 Å². The largest absolute Gasteiger partial charge is 0.492 e. The van der Waals surface area contributed by atoms with E-state index in [0.29, 0.717) is 28.1 Å². The summed E-state index contributed by atoms with van der Waals surface area (Å²) in [4.78, 5) is 0. The smallest absolute Gasteiger partial charge is 0.174 e. The number of benzene rings is 1. The number of nitriles is 1. The van der Waals surface area contributed by atoms with E-state index in [0.717, 1.165) is 0 Å². The molecule has 5 heteroatoms. The molecule has 1 atom stereocenters. The summed E-state index contributed by atoms with van der Waals surface area (Å²) in [6.45, 7) is 5.82. The second-order valence-corrected chi connectivity index (χ2v) is 4.36. The van der Waals surface area contributed by atoms with Crippen molar-refractivity contribution in [2.45, 2.75) is 13.0 Å². The van der Waals surface area contributed by atoms with Crippen LogP contribution in [-0.4, -0.2) is 18.8 Å². The van der Waals surface area contributed by atoms with E-state index in [4.69, 9.17) is 14.7 Å². The highest BCUT2D eigenvalue weighted by Crippen LogP contribution is 2.38. The number of methoxy groups -OCH3 is 1. The normalized spacial score (nSPS) is 11.5. The van der Waals surface area contributed by atoms with Gasteiger partial charge < -0.3 is 14.6 Å². The van der Waals surface area contributed by atoms with Crippen LogP contribution in [0, 0.1) is 11.3 Å². The van der Waals surface area contributed by atoms with E-state index in [1.165, 1.54) is 7.11 Å². The first-order valence-corrected chi connectivity index (χ1v) is 6.11. The second-order valence-electron chi connectivity index (χ2n) is 3.51. The minimum Gasteiger partial charge on any atom is -0.492 e. The third-order valence-electron chi connectivity index (χ3n) is 2.33. The van der Waals surface area contributed by atoms with Crippen LogP contribution in [0.5, 0.6) is 11.5 Å². The summed E-state index contributed by atoms with van der Waals surface area (Å²) in [6.07, 6.45) is -1.04. The van der Waals surface area contributed by atoms with Gasteiger partial charge in [0.2, 0.25) is 0 Å². The summed E-state index contributed by atoms with van der Waals surface area (Å²) in [5.74, 6) is 1.06. The quantitative estimate of drug-likeness (QED) is 0.849. The van der Waals surface area contributed by atoms with Gasteiger partial charge in [0.1, 0.15) is 6.10 Å². The van der Waals surface area contributed by atoms with E-state index in [1.54, 1.807) is 12.1 Å². The van der Waals surface area contributed by atoms with E-state index >= 15 is 0 Å². The summed E-state index contributed by atoms with van der Waals surface area (Å²) in [7, 11) is 1.53. The monoisotopic (exact) mass is 311 g/mol. The maximum absolute atomic E-state index is 9.93. The van der Waals surface area contributed by atoms with Crippen LogP contribution < -0.4 is 9.47 Å². The maximum Gasteiger partial charge on any atom is 0.174 e. The van der Waals surface area contributed by atoms with E-state index in [2.05, 4.69) is 22.5 Å². The summed E-state index contributed by atoms with van der Waals surface area (Å²) in [5.41, 5.74) is 0.604. The molecule has 18 heavy (non-hydrogen) atoms. The van der Waals surface area contributed by atoms with Crippen LogP contribution in [0.25, 0.3) is 0 Å². The Balaban J connectivity index is 3.24. The van der Waals surface area contributed by atoms with Crippen LogP contribution in [0.3, 0.4) is 0 Å². The Labute approximate surface area is 115 Å². The molecule has 0 spiro atoms. The third-order valence-corrected chi connectivity index (χ3v) is 2.91. The molecule has 0 radical (unpaired) electrons. The minimum atomic E-state index is -1.04. The molecule has 1 aromatic rings. The van der Waals surface area contributed by atoms with Gasteiger partial charge in [-0.15, -0.1) is 0 Å². The highest BCUT2D eigenvalue weighted by molar-refractivity contribution is 9.10. The highest BCUT2D eigenvalue weighted by atomic mass is 79.9. The molecule has 1 unspecified atom stereocenters. The summed E-state index contributed by atoms with van der Waals surface area (Å²) < 4.78 is 11.3. The van der Waals surface area contributed by atoms with E-state index in [1.807, 2.05) is 13.0 Å². The fourth-order valence-electron chi connectivity index (χ4n) is 1.47. The van der Waals surface area contributed by atoms with Crippen molar-refractivity contribution in [3.05, 3.63) is 34.3 Å². The fourth-order valence-corrected chi connectivity index (χ4v) is 2.09. The van der Waals surface area contributed by atoms with Gasteiger partial charge in [0, 0.05) is 0 Å². The Morgan fingerprint density at radius 1 is 1.61 bits per heavy atom. The number of hydrogen-bond acceptors (Lipinski definition) is 4. The van der Waals surface area contributed by atoms with E-state index in [9.17, 15) is 5.11 Å². The SMILES string of the molecule is C=C(C#N)C(O)c1cc(Br)c(OC)c(OCC)c1. The van der Waals surface area contributed by atoms with Gasteiger partial charge in [-0.2, -0.15) is 5.26 Å². The number of halogens is 1. The Morgan fingerprint density at radius 2 is 2.28 bits per heavy atom. The standard InChI is InChI=1S/C13H14BrNO3/c1-4-18-11-6-9(12(16)8(2)7-15)5-10(14)13(11)17-3/h5-6,12,16H,2,4H2,1,3H3. The average molecular weight is 312 g/mol. The van der Waals surface area contributed by atoms with Gasteiger partial charge in [0.05, 0.1) is 29.8 Å². The van der Waals surface area contributed by atoms with Gasteiger partial charge >= 0.3 is 0 Å². The van der Waals surface area contributed by atoms with Gasteiger partial charge in [-0.25, -0.2) is 0 Å². The van der Waals surface area contributed by atoms with Crippen molar-refractivity contribution in [1.82, 2.24) is 0 Å². The van der Waals surface area contributed by atoms with E-state index < -0.39 is 6.10 Å². The molecule has 1 rings (SSSR count). The predicted molar refractivity (Wildman–Crippen MR) is 71.6 cm³/mol. The van der Waals surface area contributed by atoms with Gasteiger partial charge in [-0.05, 0) is 40.5 Å². The highest BCUT2D eigenvalue weighted by Gasteiger charge is 2.17. The number of rotatable bonds is 5. The fraction of sp³-hybridized carbons (Fsp3) is 0.308. The molecular formula is C13H14BrNO3. The zero-order valence-corrected chi connectivity index (χ0v) is 11.8. The molecule has 0 aliphatic heterocycles. The number of nitrogens with zero attached hydrogens (tertiary/aromatic N) is 1. The molecule has 0 amide bonds. The lowest BCUT2D eigenvalue weighted by atomic mass is 10.0. The lowest BCUT2D eigenvalue weighted by Crippen LogP contribution is -2.02. The second kappa shape index (κ2) is 6.43. The first-order chi connectivity index (χ1) is 8.54. The first-order valence-electron chi connectivity index (χ1n) is 5.32. The van der Waals surface area contributed by atoms with Crippen molar-refractivity contribution in [3.63, 3.8) is 0 Å². The minimum absolute atomic E-state index is 0.0783. The van der Waals surface area contributed by atoms with Crippen LogP contribution in [0.15, 0.2) is 28.8 Å². The summed E-state index contributed by atoms with van der Waals surface area (Å²) in [6, 6.07) is 5.15. The van der Waals surface area contributed by atoms with E-state index in [-0.39, 0.29) is 5.57 Å². The van der Waals surface area contributed by atoms with Crippen LogP contribution in [0.4, 0.5) is 0 Å². The molecule has 0 aromatic heterocycles. The van der Waals surface area contributed by atoms with Crippen molar-refractivity contribution < 1.29 is 14.6 Å². The molecular weight excluding hydrogens is 298 g/mol. The molecule has 1 N–H and O–H groups in total. The first kappa shape index (κ1) is 14.6. The lowest BCUT2D eigenvalue weighted by Gasteiger charge is -2.15. The molecule has 0 fully saturated rings. The van der Waals surface area contributed by atoms with Crippen molar-refractivity contribution in [1.29, 1.82) is 5.26 Å². The third kappa shape index (κ3) is 3.03.